The van der Waals surface area contributed by atoms with Gasteiger partial charge in [0.25, 0.3) is 10.0 Å². The molecule has 0 fully saturated rings. The van der Waals surface area contributed by atoms with Crippen LogP contribution in [0.1, 0.15) is 19.4 Å². The van der Waals surface area contributed by atoms with Crippen molar-refractivity contribution in [3.05, 3.63) is 15.4 Å². The Balaban J connectivity index is 3.08. The van der Waals surface area contributed by atoms with E-state index in [4.69, 9.17) is 0 Å². The lowest BCUT2D eigenvalue weighted by Gasteiger charge is -2.28. The Morgan fingerprint density at radius 2 is 2.00 bits per heavy atom. The second-order valence-corrected chi connectivity index (χ2v) is 9.33. The molecule has 1 aromatic rings. The highest BCUT2D eigenvalue weighted by Crippen LogP contribution is 2.32. The average Bonchev–Trinajstić information content (AvgIpc) is 2.59. The Kier molecular flexibility index (Phi) is 6.00. The largest absolute Gasteiger partial charge is 0.308 e. The van der Waals surface area contributed by atoms with Crippen LogP contribution in [0.5, 0.6) is 0 Å². The third-order valence-corrected chi connectivity index (χ3v) is 7.51. The number of hydrogen-bond donors (Lipinski definition) is 0. The Morgan fingerprint density at radius 1 is 1.42 bits per heavy atom. The van der Waals surface area contributed by atoms with E-state index in [1.54, 1.807) is 10.4 Å². The van der Waals surface area contributed by atoms with Crippen molar-refractivity contribution in [2.45, 2.75) is 31.0 Å². The molecule has 0 saturated heterocycles. The predicted molar refractivity (Wildman–Crippen MR) is 84.3 cm³/mol. The molecule has 1 rings (SSSR count). The molecule has 0 aliphatic heterocycles. The number of halogens is 1. The topological polar surface area (TPSA) is 40.6 Å². The summed E-state index contributed by atoms with van der Waals surface area (Å²) in [6, 6.07) is 1.68. The second kappa shape index (κ2) is 6.67. The predicted octanol–water partition coefficient (Wildman–Crippen LogP) is 2.78. The molecule has 0 radical (unpaired) electrons. The molecule has 1 heterocycles. The van der Waals surface area contributed by atoms with Crippen molar-refractivity contribution in [2.75, 3.05) is 27.2 Å². The summed E-state index contributed by atoms with van der Waals surface area (Å²) in [7, 11) is 0.492. The molecular formula is C12H21BrN2O2S2. The first-order chi connectivity index (χ1) is 8.70. The lowest BCUT2D eigenvalue weighted by molar-refractivity contribution is 0.272. The van der Waals surface area contributed by atoms with Gasteiger partial charge in [0.15, 0.2) is 0 Å². The molecular weight excluding hydrogens is 348 g/mol. The molecule has 7 heteroatoms. The van der Waals surface area contributed by atoms with Crippen LogP contribution in [0.2, 0.25) is 0 Å². The summed E-state index contributed by atoms with van der Waals surface area (Å²) in [4.78, 5) is 2.00. The van der Waals surface area contributed by atoms with Crippen molar-refractivity contribution < 1.29 is 8.42 Å². The minimum absolute atomic E-state index is 0.0498. The fourth-order valence-electron chi connectivity index (χ4n) is 2.01. The first-order valence-corrected chi connectivity index (χ1v) is 9.17. The normalized spacial score (nSPS) is 14.3. The van der Waals surface area contributed by atoms with Gasteiger partial charge in [0.2, 0.25) is 0 Å². The Bertz CT molecular complexity index is 506. The number of nitrogens with zero attached hydrogens (tertiary/aromatic N) is 2. The lowest BCUT2D eigenvalue weighted by Crippen LogP contribution is -2.43. The standard InChI is InChI=1S/C12H21BrN2O2S2/c1-6-15(10(3)8-14(4)5)19(16,17)11-7-9(2)12(13)18-11/h7,10H,6,8H2,1-5H3. The van der Waals surface area contributed by atoms with E-state index in [9.17, 15) is 8.42 Å². The van der Waals surface area contributed by atoms with Crippen LogP contribution in [0, 0.1) is 6.92 Å². The van der Waals surface area contributed by atoms with Gasteiger partial charge in [-0.1, -0.05) is 6.92 Å². The van der Waals surface area contributed by atoms with E-state index in [1.807, 2.05) is 39.8 Å². The summed E-state index contributed by atoms with van der Waals surface area (Å²) >= 11 is 4.66. The molecule has 0 bridgehead atoms. The minimum atomic E-state index is -3.40. The van der Waals surface area contributed by atoms with Crippen LogP contribution in [-0.4, -0.2) is 50.8 Å². The van der Waals surface area contributed by atoms with Crippen LogP contribution in [0.4, 0.5) is 0 Å². The highest BCUT2D eigenvalue weighted by atomic mass is 79.9. The number of hydrogen-bond acceptors (Lipinski definition) is 4. The van der Waals surface area contributed by atoms with Crippen LogP contribution in [0.3, 0.4) is 0 Å². The average molecular weight is 369 g/mol. The zero-order valence-corrected chi connectivity index (χ0v) is 15.2. The van der Waals surface area contributed by atoms with Crippen LogP contribution in [0.25, 0.3) is 0 Å². The van der Waals surface area contributed by atoms with E-state index in [0.29, 0.717) is 17.3 Å². The number of likely N-dealkylation sites (N-methyl/N-ethyl adjacent to an activating group) is 2. The molecule has 1 unspecified atom stereocenters. The van der Waals surface area contributed by atoms with E-state index >= 15 is 0 Å². The third kappa shape index (κ3) is 4.01. The quantitative estimate of drug-likeness (QED) is 0.774. The first-order valence-electron chi connectivity index (χ1n) is 6.12. The number of rotatable bonds is 6. The second-order valence-electron chi connectivity index (χ2n) is 4.84. The maximum absolute atomic E-state index is 12.6. The molecule has 0 aliphatic rings. The van der Waals surface area contributed by atoms with Gasteiger partial charge in [-0.2, -0.15) is 4.31 Å². The van der Waals surface area contributed by atoms with Crippen molar-refractivity contribution in [1.82, 2.24) is 9.21 Å². The van der Waals surface area contributed by atoms with Crippen LogP contribution in [-0.2, 0) is 10.0 Å². The number of thiophene rings is 1. The summed E-state index contributed by atoms with van der Waals surface area (Å²) in [6.45, 7) is 6.90. The van der Waals surface area contributed by atoms with Gasteiger partial charge >= 0.3 is 0 Å². The molecule has 1 aromatic heterocycles. The molecule has 4 nitrogen and oxygen atoms in total. The molecule has 0 amide bonds. The monoisotopic (exact) mass is 368 g/mol. The molecule has 0 saturated carbocycles. The Morgan fingerprint density at radius 3 is 2.37 bits per heavy atom. The van der Waals surface area contributed by atoms with Gasteiger partial charge in [-0.3, -0.25) is 0 Å². The smallest absolute Gasteiger partial charge is 0.252 e. The van der Waals surface area contributed by atoms with E-state index < -0.39 is 10.0 Å². The van der Waals surface area contributed by atoms with Gasteiger partial charge in [-0.05, 0) is 55.5 Å². The van der Waals surface area contributed by atoms with Crippen molar-refractivity contribution in [3.63, 3.8) is 0 Å². The van der Waals surface area contributed by atoms with Gasteiger partial charge in [-0.15, -0.1) is 11.3 Å². The maximum atomic E-state index is 12.6. The number of sulfonamides is 1. The van der Waals surface area contributed by atoms with E-state index in [-0.39, 0.29) is 6.04 Å². The van der Waals surface area contributed by atoms with Gasteiger partial charge in [0, 0.05) is 19.1 Å². The Hall–Kier alpha value is 0.0500. The van der Waals surface area contributed by atoms with Crippen LogP contribution in [0.15, 0.2) is 14.1 Å². The van der Waals surface area contributed by atoms with Gasteiger partial charge in [0.1, 0.15) is 4.21 Å². The van der Waals surface area contributed by atoms with Gasteiger partial charge < -0.3 is 4.90 Å². The molecule has 1 atom stereocenters. The molecule has 110 valence electrons. The fourth-order valence-corrected chi connectivity index (χ4v) is 6.00. The van der Waals surface area contributed by atoms with Gasteiger partial charge in [0.05, 0.1) is 3.79 Å². The number of aryl methyl sites for hydroxylation is 1. The van der Waals surface area contributed by atoms with Crippen LogP contribution >= 0.6 is 27.3 Å². The first kappa shape index (κ1) is 17.1. The summed E-state index contributed by atoms with van der Waals surface area (Å²) in [6.07, 6.45) is 0. The fraction of sp³-hybridized carbons (Fsp3) is 0.667. The van der Waals surface area contributed by atoms with Crippen molar-refractivity contribution in [3.8, 4) is 0 Å². The highest BCUT2D eigenvalue weighted by Gasteiger charge is 2.29. The molecule has 0 spiro atoms. The van der Waals surface area contributed by atoms with E-state index in [1.165, 1.54) is 11.3 Å². The summed E-state index contributed by atoms with van der Waals surface area (Å²) < 4.78 is 28.1. The molecule has 0 aliphatic carbocycles. The summed E-state index contributed by atoms with van der Waals surface area (Å²) in [5.41, 5.74) is 0.958. The van der Waals surface area contributed by atoms with E-state index in [2.05, 4.69) is 15.9 Å². The van der Waals surface area contributed by atoms with E-state index in [0.717, 1.165) is 9.35 Å². The Labute approximate surface area is 128 Å². The lowest BCUT2D eigenvalue weighted by atomic mass is 10.3. The summed E-state index contributed by atoms with van der Waals surface area (Å²) in [5, 5.41) is 0. The summed E-state index contributed by atoms with van der Waals surface area (Å²) in [5.74, 6) is 0. The molecule has 0 N–H and O–H groups in total. The van der Waals surface area contributed by atoms with Crippen molar-refractivity contribution in [2.24, 2.45) is 0 Å². The molecule has 19 heavy (non-hydrogen) atoms. The SMILES string of the molecule is CCN(C(C)CN(C)C)S(=O)(=O)c1cc(C)c(Br)s1. The van der Waals surface area contributed by atoms with Crippen LogP contribution < -0.4 is 0 Å². The van der Waals surface area contributed by atoms with Crippen molar-refractivity contribution in [1.29, 1.82) is 0 Å². The van der Waals surface area contributed by atoms with Gasteiger partial charge in [-0.25, -0.2) is 8.42 Å². The zero-order valence-electron chi connectivity index (χ0n) is 12.0. The van der Waals surface area contributed by atoms with Crippen molar-refractivity contribution >= 4 is 37.3 Å². The maximum Gasteiger partial charge on any atom is 0.252 e. The third-order valence-electron chi connectivity index (χ3n) is 2.83. The molecule has 0 aromatic carbocycles. The zero-order chi connectivity index (χ0) is 14.8. The highest BCUT2D eigenvalue weighted by molar-refractivity contribution is 9.11. The minimum Gasteiger partial charge on any atom is -0.308 e.